The molecule has 1 heterocycles. The van der Waals surface area contributed by atoms with Crippen molar-refractivity contribution in [1.82, 2.24) is 5.16 Å². The van der Waals surface area contributed by atoms with Gasteiger partial charge in [0.2, 0.25) is 0 Å². The Kier molecular flexibility index (Phi) is 7.92. The van der Waals surface area contributed by atoms with E-state index in [0.717, 1.165) is 23.2 Å². The number of amides is 1. The minimum Gasteiger partial charge on any atom is -0.452 e. The Morgan fingerprint density at radius 2 is 1.76 bits per heavy atom. The van der Waals surface area contributed by atoms with E-state index in [-0.39, 0.29) is 22.7 Å². The van der Waals surface area contributed by atoms with Gasteiger partial charge in [0.05, 0.1) is 22.5 Å². The van der Waals surface area contributed by atoms with Crippen molar-refractivity contribution in [1.29, 1.82) is 0 Å². The highest BCUT2D eigenvalue weighted by Crippen LogP contribution is 2.33. The molecule has 194 valence electrons. The van der Waals surface area contributed by atoms with Gasteiger partial charge in [0.25, 0.3) is 5.91 Å². The second-order valence-electron chi connectivity index (χ2n) is 7.93. The predicted molar refractivity (Wildman–Crippen MR) is 135 cm³/mol. The van der Waals surface area contributed by atoms with E-state index >= 15 is 0 Å². The van der Waals surface area contributed by atoms with E-state index in [9.17, 15) is 22.8 Å². The molecule has 0 N–H and O–H groups in total. The van der Waals surface area contributed by atoms with Crippen molar-refractivity contribution in [3.8, 4) is 11.3 Å². The van der Waals surface area contributed by atoms with Gasteiger partial charge in [-0.15, -0.1) is 0 Å². The molecule has 1 amide bonds. The number of benzene rings is 3. The van der Waals surface area contributed by atoms with Crippen LogP contribution < -0.4 is 5.01 Å². The van der Waals surface area contributed by atoms with Gasteiger partial charge in [-0.1, -0.05) is 71.4 Å². The molecule has 0 unspecified atom stereocenters. The average Bonchev–Trinajstić information content (AvgIpc) is 3.29. The van der Waals surface area contributed by atoms with Crippen LogP contribution in [-0.4, -0.2) is 29.9 Å². The molecule has 0 aliphatic rings. The van der Waals surface area contributed by atoms with Gasteiger partial charge in [-0.05, 0) is 36.8 Å². The van der Waals surface area contributed by atoms with E-state index < -0.39 is 30.2 Å². The molecule has 11 heteroatoms. The van der Waals surface area contributed by atoms with Crippen LogP contribution in [0.5, 0.6) is 0 Å². The number of rotatable bonds is 7. The molecular formula is C27H19ClF3N3O4. The Bertz CT molecular complexity index is 1490. The lowest BCUT2D eigenvalue weighted by Gasteiger charge is -2.18. The maximum atomic E-state index is 13.3. The molecule has 1 aromatic heterocycles. The lowest BCUT2D eigenvalue weighted by molar-refractivity contribution is -0.137. The van der Waals surface area contributed by atoms with E-state index in [4.69, 9.17) is 20.9 Å². The number of aromatic nitrogens is 1. The highest BCUT2D eigenvalue weighted by molar-refractivity contribution is 6.33. The first-order valence-electron chi connectivity index (χ1n) is 11.1. The maximum absolute atomic E-state index is 13.3. The van der Waals surface area contributed by atoms with Gasteiger partial charge in [0.15, 0.2) is 6.61 Å². The highest BCUT2D eigenvalue weighted by atomic mass is 35.5. The van der Waals surface area contributed by atoms with E-state index in [2.05, 4.69) is 10.3 Å². The Hall–Kier alpha value is -4.44. The molecule has 7 nitrogen and oxygen atoms in total. The Morgan fingerprint density at radius 3 is 2.47 bits per heavy atom. The summed E-state index contributed by atoms with van der Waals surface area (Å²) in [6.07, 6.45) is -3.33. The van der Waals surface area contributed by atoms with Crippen molar-refractivity contribution in [2.75, 3.05) is 11.6 Å². The van der Waals surface area contributed by atoms with Gasteiger partial charge in [-0.3, -0.25) is 4.79 Å². The number of alkyl halides is 3. The zero-order valence-electron chi connectivity index (χ0n) is 19.8. The zero-order valence-corrected chi connectivity index (χ0v) is 20.5. The zero-order chi connectivity index (χ0) is 27.3. The van der Waals surface area contributed by atoms with Crippen LogP contribution in [0.2, 0.25) is 5.02 Å². The lowest BCUT2D eigenvalue weighted by atomic mass is 10.1. The maximum Gasteiger partial charge on any atom is 0.416 e. The van der Waals surface area contributed by atoms with Crippen LogP contribution in [0.15, 0.2) is 88.5 Å². The summed E-state index contributed by atoms with van der Waals surface area (Å²) in [7, 11) is 0. The van der Waals surface area contributed by atoms with Crippen molar-refractivity contribution in [2.24, 2.45) is 5.10 Å². The van der Waals surface area contributed by atoms with E-state index in [1.807, 2.05) is 0 Å². The molecule has 0 spiro atoms. The third-order valence-corrected chi connectivity index (χ3v) is 5.63. The number of anilines is 1. The van der Waals surface area contributed by atoms with Gasteiger partial charge in [0.1, 0.15) is 17.0 Å². The number of carbonyl (C=O) groups excluding carboxylic acids is 2. The summed E-state index contributed by atoms with van der Waals surface area (Å²) in [5, 5.41) is 9.02. The van der Waals surface area contributed by atoms with Crippen LogP contribution in [-0.2, 0) is 15.7 Å². The van der Waals surface area contributed by atoms with E-state index in [0.29, 0.717) is 16.1 Å². The summed E-state index contributed by atoms with van der Waals surface area (Å²) in [5.74, 6) is -1.68. The fourth-order valence-corrected chi connectivity index (χ4v) is 3.69. The van der Waals surface area contributed by atoms with Crippen LogP contribution in [0, 0.1) is 6.92 Å². The quantitative estimate of drug-likeness (QED) is 0.150. The second kappa shape index (κ2) is 11.3. The van der Waals surface area contributed by atoms with Crippen molar-refractivity contribution < 1.29 is 32.0 Å². The minimum atomic E-state index is -4.64. The third-order valence-electron chi connectivity index (χ3n) is 5.30. The van der Waals surface area contributed by atoms with Crippen LogP contribution in [0.1, 0.15) is 27.2 Å². The third kappa shape index (κ3) is 6.09. The number of aryl methyl sites for hydroxylation is 1. The van der Waals surface area contributed by atoms with Gasteiger partial charge in [0, 0.05) is 5.56 Å². The normalized spacial score (nSPS) is 11.5. The highest BCUT2D eigenvalue weighted by Gasteiger charge is 2.32. The number of esters is 1. The summed E-state index contributed by atoms with van der Waals surface area (Å²) in [5.41, 5.74) is -0.0251. The number of hydrazone groups is 1. The molecule has 0 fully saturated rings. The number of hydrogen-bond donors (Lipinski definition) is 0. The van der Waals surface area contributed by atoms with Gasteiger partial charge in [-0.25, -0.2) is 4.79 Å². The number of ether oxygens (including phenoxy) is 1. The average molecular weight is 542 g/mol. The Morgan fingerprint density at radius 1 is 1.05 bits per heavy atom. The molecule has 4 rings (SSSR count). The lowest BCUT2D eigenvalue weighted by Crippen LogP contribution is -2.31. The van der Waals surface area contributed by atoms with E-state index in [1.165, 1.54) is 19.2 Å². The fraction of sp³-hybridized carbons (Fsp3) is 0.111. The van der Waals surface area contributed by atoms with Crippen LogP contribution in [0.4, 0.5) is 18.9 Å². The summed E-state index contributed by atoms with van der Waals surface area (Å²) < 4.78 is 50.3. The molecule has 0 saturated carbocycles. The van der Waals surface area contributed by atoms with Crippen molar-refractivity contribution in [3.05, 3.63) is 106 Å². The number of carbonyl (C=O) groups is 2. The van der Waals surface area contributed by atoms with Crippen molar-refractivity contribution in [2.45, 2.75) is 13.1 Å². The molecule has 0 saturated heterocycles. The van der Waals surface area contributed by atoms with E-state index in [1.54, 1.807) is 54.6 Å². The van der Waals surface area contributed by atoms with Gasteiger partial charge < -0.3 is 9.26 Å². The summed E-state index contributed by atoms with van der Waals surface area (Å²) in [4.78, 5) is 26.0. The molecule has 3 aromatic carbocycles. The number of nitrogens with zero attached hydrogens (tertiary/aromatic N) is 3. The monoisotopic (exact) mass is 541 g/mol. The molecule has 0 radical (unpaired) electrons. The molecule has 0 aliphatic carbocycles. The summed E-state index contributed by atoms with van der Waals surface area (Å²) in [6.45, 7) is 0.665. The Balaban J connectivity index is 1.59. The molecule has 0 aliphatic heterocycles. The predicted octanol–water partition coefficient (Wildman–Crippen LogP) is 6.55. The van der Waals surface area contributed by atoms with Crippen molar-refractivity contribution >= 4 is 35.4 Å². The standard InChI is InChI=1S/C27H19ClF3N3O4/c1-17-24(25(33-38-17)21-12-5-6-13-22(21)28)26(36)37-16-23(35)34(32-15-18-8-3-2-4-9-18)20-11-7-10-19(14-20)27(29,30)31/h2-15H,16H2,1H3/b32-15-. The molecule has 0 bridgehead atoms. The molecule has 0 atom stereocenters. The topological polar surface area (TPSA) is 85.0 Å². The van der Waals surface area contributed by atoms with Gasteiger partial charge >= 0.3 is 12.1 Å². The summed E-state index contributed by atoms with van der Waals surface area (Å²) >= 11 is 6.22. The van der Waals surface area contributed by atoms with Crippen LogP contribution in [0.25, 0.3) is 11.3 Å². The largest absolute Gasteiger partial charge is 0.452 e. The minimum absolute atomic E-state index is 0.0377. The second-order valence-corrected chi connectivity index (χ2v) is 8.33. The van der Waals surface area contributed by atoms with Crippen LogP contribution in [0.3, 0.4) is 0 Å². The molecule has 38 heavy (non-hydrogen) atoms. The SMILES string of the molecule is Cc1onc(-c2ccccc2Cl)c1C(=O)OCC(=O)N(/N=C\c1ccccc1)c1cccc(C(F)(F)F)c1. The summed E-state index contributed by atoms with van der Waals surface area (Å²) in [6, 6.07) is 19.4. The molecule has 4 aromatic rings. The first kappa shape index (κ1) is 26.6. The van der Waals surface area contributed by atoms with Gasteiger partial charge in [-0.2, -0.15) is 23.3 Å². The molecular weight excluding hydrogens is 523 g/mol. The fourth-order valence-electron chi connectivity index (χ4n) is 3.46. The van der Waals surface area contributed by atoms with Crippen LogP contribution >= 0.6 is 11.6 Å². The smallest absolute Gasteiger partial charge is 0.416 e. The van der Waals surface area contributed by atoms with Crippen molar-refractivity contribution in [3.63, 3.8) is 0 Å². The number of halogens is 4. The number of hydrogen-bond acceptors (Lipinski definition) is 6. The first-order chi connectivity index (χ1) is 18.1. The Labute approximate surface area is 220 Å². The first-order valence-corrected chi connectivity index (χ1v) is 11.5.